The summed E-state index contributed by atoms with van der Waals surface area (Å²) in [5, 5.41) is 0. The Hall–Kier alpha value is -2.32. The van der Waals surface area contributed by atoms with E-state index in [0.29, 0.717) is 5.92 Å². The summed E-state index contributed by atoms with van der Waals surface area (Å²) in [5.74, 6) is 2.53. The van der Waals surface area contributed by atoms with Crippen molar-refractivity contribution >= 4 is 0 Å². The molecule has 43 heavy (non-hydrogen) atoms. The molecule has 0 amide bonds. The molecule has 0 bridgehead atoms. The molecule has 2 fully saturated rings. The van der Waals surface area contributed by atoms with Crippen LogP contribution in [0.4, 0.5) is 0 Å². The average molecular weight is 589 g/mol. The Kier molecular flexibility index (Phi) is 19.3. The van der Waals surface area contributed by atoms with Gasteiger partial charge in [-0.25, -0.2) is 0 Å². The Balaban J connectivity index is 0.000000321. The van der Waals surface area contributed by atoms with E-state index in [1.54, 1.807) is 0 Å². The second-order valence-corrected chi connectivity index (χ2v) is 13.7. The summed E-state index contributed by atoms with van der Waals surface area (Å²) in [6, 6.07) is 19.1. The topological polar surface area (TPSA) is 29.3 Å². The Bertz CT molecular complexity index is 990. The van der Waals surface area contributed by atoms with Crippen molar-refractivity contribution in [3.05, 3.63) is 95.7 Å². The first kappa shape index (κ1) is 38.7. The highest BCUT2D eigenvalue weighted by atomic mass is 15.1. The van der Waals surface area contributed by atoms with Gasteiger partial charge < -0.3 is 5.73 Å². The highest BCUT2D eigenvalue weighted by Crippen LogP contribution is 2.36. The Morgan fingerprint density at radius 2 is 1.37 bits per heavy atom. The molecular formula is C41H68N2. The van der Waals surface area contributed by atoms with Crippen LogP contribution < -0.4 is 5.73 Å². The number of unbranched alkanes of at least 4 members (excludes halogenated alkanes) is 2. The second-order valence-electron chi connectivity index (χ2n) is 13.7. The van der Waals surface area contributed by atoms with E-state index in [-0.39, 0.29) is 5.41 Å². The molecule has 2 atom stereocenters. The lowest BCUT2D eigenvalue weighted by molar-refractivity contribution is 0.137. The molecule has 1 heterocycles. The molecule has 2 aliphatic rings. The number of hydrogen-bond acceptors (Lipinski definition) is 2. The largest absolute Gasteiger partial charge is 0.402 e. The van der Waals surface area contributed by atoms with E-state index in [0.717, 1.165) is 50.0 Å². The SMILES string of the molecule is C=C(C)C(C)C(C)C1CCCCC1.C=C(N)C1(C)CCN(Cc2ccc(C)cc2)CC1.CCCCC.Cc1ccccc1. The summed E-state index contributed by atoms with van der Waals surface area (Å²) < 4.78 is 0. The summed E-state index contributed by atoms with van der Waals surface area (Å²) in [5.41, 5.74) is 12.3. The van der Waals surface area contributed by atoms with Crippen LogP contribution in [0.3, 0.4) is 0 Å². The van der Waals surface area contributed by atoms with Gasteiger partial charge in [0.1, 0.15) is 0 Å². The summed E-state index contributed by atoms with van der Waals surface area (Å²) in [6.45, 7) is 29.1. The maximum Gasteiger partial charge on any atom is 0.0233 e. The number of allylic oxidation sites excluding steroid dienone is 2. The summed E-state index contributed by atoms with van der Waals surface area (Å²) in [4.78, 5) is 2.51. The molecule has 1 aliphatic carbocycles. The fraction of sp³-hybridized carbons (Fsp3) is 0.610. The number of likely N-dealkylation sites (tertiary alicyclic amines) is 1. The molecule has 2 N–H and O–H groups in total. The van der Waals surface area contributed by atoms with Crippen LogP contribution in [0.15, 0.2) is 79.0 Å². The van der Waals surface area contributed by atoms with Crippen molar-refractivity contribution in [3.8, 4) is 0 Å². The van der Waals surface area contributed by atoms with Gasteiger partial charge in [0, 0.05) is 17.7 Å². The van der Waals surface area contributed by atoms with Gasteiger partial charge in [0.15, 0.2) is 0 Å². The van der Waals surface area contributed by atoms with Crippen LogP contribution in [0.5, 0.6) is 0 Å². The fourth-order valence-corrected chi connectivity index (χ4v) is 5.88. The van der Waals surface area contributed by atoms with Crippen LogP contribution >= 0.6 is 0 Å². The monoisotopic (exact) mass is 589 g/mol. The van der Waals surface area contributed by atoms with Crippen molar-refractivity contribution in [2.45, 2.75) is 126 Å². The molecule has 1 saturated heterocycles. The molecule has 242 valence electrons. The Morgan fingerprint density at radius 3 is 1.77 bits per heavy atom. The first-order valence-electron chi connectivity index (χ1n) is 17.3. The van der Waals surface area contributed by atoms with Crippen molar-refractivity contribution in [1.29, 1.82) is 0 Å². The van der Waals surface area contributed by atoms with Gasteiger partial charge in [-0.15, -0.1) is 0 Å². The lowest BCUT2D eigenvalue weighted by Crippen LogP contribution is -2.40. The second kappa shape index (κ2) is 21.4. The predicted octanol–water partition coefficient (Wildman–Crippen LogP) is 11.7. The van der Waals surface area contributed by atoms with Crippen molar-refractivity contribution in [1.82, 2.24) is 4.90 Å². The summed E-state index contributed by atoms with van der Waals surface area (Å²) >= 11 is 0. The lowest BCUT2D eigenvalue weighted by Gasteiger charge is -2.39. The highest BCUT2D eigenvalue weighted by Gasteiger charge is 2.31. The average Bonchev–Trinajstić information content (AvgIpc) is 3.01. The molecule has 2 unspecified atom stereocenters. The maximum absolute atomic E-state index is 5.90. The van der Waals surface area contributed by atoms with E-state index in [2.05, 4.69) is 110 Å². The quantitative estimate of drug-likeness (QED) is 0.311. The molecule has 4 rings (SSSR count). The minimum atomic E-state index is 0.143. The molecule has 0 radical (unpaired) electrons. The van der Waals surface area contributed by atoms with Crippen LogP contribution in [-0.2, 0) is 6.54 Å². The van der Waals surface area contributed by atoms with E-state index in [1.807, 2.05) is 18.2 Å². The third-order valence-electron chi connectivity index (χ3n) is 9.87. The van der Waals surface area contributed by atoms with E-state index in [1.165, 1.54) is 73.6 Å². The number of nitrogens with two attached hydrogens (primary N) is 1. The normalized spacial score (nSPS) is 17.9. The molecule has 1 aliphatic heterocycles. The smallest absolute Gasteiger partial charge is 0.0233 e. The maximum atomic E-state index is 5.90. The van der Waals surface area contributed by atoms with Crippen molar-refractivity contribution in [3.63, 3.8) is 0 Å². The molecule has 2 heteroatoms. The van der Waals surface area contributed by atoms with Crippen LogP contribution in [0, 0.1) is 37.0 Å². The fourth-order valence-electron chi connectivity index (χ4n) is 5.88. The Labute approximate surface area is 268 Å². The number of hydrogen-bond donors (Lipinski definition) is 1. The number of benzene rings is 2. The molecule has 2 aromatic carbocycles. The van der Waals surface area contributed by atoms with Gasteiger partial charge >= 0.3 is 0 Å². The van der Waals surface area contributed by atoms with E-state index >= 15 is 0 Å². The van der Waals surface area contributed by atoms with Crippen LogP contribution in [-0.4, -0.2) is 18.0 Å². The Morgan fingerprint density at radius 1 is 0.860 bits per heavy atom. The van der Waals surface area contributed by atoms with Crippen LogP contribution in [0.2, 0.25) is 0 Å². The molecule has 2 nitrogen and oxygen atoms in total. The van der Waals surface area contributed by atoms with Gasteiger partial charge in [-0.05, 0) is 70.0 Å². The van der Waals surface area contributed by atoms with Gasteiger partial charge in [0.25, 0.3) is 0 Å². The first-order chi connectivity index (χ1) is 20.4. The number of rotatable bonds is 8. The standard InChI is InChI=1S/C16H24N2.C13H24.C7H8.C5H12/c1-13-4-6-15(7-5-13)12-18-10-8-16(3,9-11-18)14(2)17;1-10(2)11(3)12(4)13-8-6-5-7-9-13;1-7-5-3-2-4-6-7;1-3-5-4-2/h4-7H,2,8-12,17H2,1,3H3;11-13H,1,5-9H2,2-4H3;2-6H,1H3;3-5H2,1-2H3. The van der Waals surface area contributed by atoms with E-state index < -0.39 is 0 Å². The zero-order valence-corrected chi connectivity index (χ0v) is 29.6. The van der Waals surface area contributed by atoms with E-state index in [4.69, 9.17) is 5.73 Å². The number of aryl methyl sites for hydroxylation is 2. The zero-order chi connectivity index (χ0) is 32.3. The minimum Gasteiger partial charge on any atom is -0.402 e. The van der Waals surface area contributed by atoms with E-state index in [9.17, 15) is 0 Å². The predicted molar refractivity (Wildman–Crippen MR) is 193 cm³/mol. The first-order valence-corrected chi connectivity index (χ1v) is 17.3. The van der Waals surface area contributed by atoms with Crippen molar-refractivity contribution < 1.29 is 0 Å². The lowest BCUT2D eigenvalue weighted by atomic mass is 9.74. The molecule has 1 saturated carbocycles. The van der Waals surface area contributed by atoms with Gasteiger partial charge in [0.05, 0.1) is 0 Å². The van der Waals surface area contributed by atoms with Crippen molar-refractivity contribution in [2.24, 2.45) is 28.9 Å². The highest BCUT2D eigenvalue weighted by molar-refractivity contribution is 5.21. The summed E-state index contributed by atoms with van der Waals surface area (Å²) in [7, 11) is 0. The van der Waals surface area contributed by atoms with Gasteiger partial charge in [-0.1, -0.05) is 170 Å². The van der Waals surface area contributed by atoms with Gasteiger partial charge in [-0.2, -0.15) is 0 Å². The third-order valence-corrected chi connectivity index (χ3v) is 9.87. The number of nitrogens with zero attached hydrogens (tertiary/aromatic N) is 1. The minimum absolute atomic E-state index is 0.143. The zero-order valence-electron chi connectivity index (χ0n) is 29.6. The molecule has 0 aromatic heterocycles. The third kappa shape index (κ3) is 15.8. The molecule has 2 aromatic rings. The van der Waals surface area contributed by atoms with Crippen molar-refractivity contribution in [2.75, 3.05) is 13.1 Å². The van der Waals surface area contributed by atoms with Crippen LogP contribution in [0.1, 0.15) is 122 Å². The van der Waals surface area contributed by atoms with Gasteiger partial charge in [0.2, 0.25) is 0 Å². The number of piperidine rings is 1. The molecular weight excluding hydrogens is 520 g/mol. The van der Waals surface area contributed by atoms with Crippen LogP contribution in [0.25, 0.3) is 0 Å². The van der Waals surface area contributed by atoms with Gasteiger partial charge in [-0.3, -0.25) is 4.90 Å². The summed E-state index contributed by atoms with van der Waals surface area (Å²) in [6.07, 6.45) is 13.6. The molecule has 0 spiro atoms.